The molecule has 18 heavy (non-hydrogen) atoms. The minimum absolute atomic E-state index is 0.411. The first-order valence-electron chi connectivity index (χ1n) is 7.33. The maximum Gasteiger partial charge on any atom is 0.0315 e. The number of pyridine rings is 1. The van der Waals surface area contributed by atoms with Gasteiger partial charge in [-0.25, -0.2) is 0 Å². The molecule has 0 spiro atoms. The van der Waals surface area contributed by atoms with Gasteiger partial charge in [0.05, 0.1) is 0 Å². The van der Waals surface area contributed by atoms with Gasteiger partial charge >= 0.3 is 0 Å². The summed E-state index contributed by atoms with van der Waals surface area (Å²) >= 11 is 0. The third-order valence-electron chi connectivity index (χ3n) is 3.34. The van der Waals surface area contributed by atoms with E-state index in [9.17, 15) is 0 Å². The number of nitrogens with zero attached hydrogens (tertiary/aromatic N) is 1. The van der Waals surface area contributed by atoms with Crippen LogP contribution in [0.2, 0.25) is 0 Å². The standard InChI is InChI=1S/C16H28N2/c1-14(2)9-6-4-5-7-12-18-15(3)16-10-8-11-17-13-16/h8,10-11,13-15,18H,4-7,9,12H2,1-3H3. The van der Waals surface area contributed by atoms with Crippen molar-refractivity contribution >= 4 is 0 Å². The van der Waals surface area contributed by atoms with Gasteiger partial charge < -0.3 is 5.32 Å². The molecule has 2 heteroatoms. The van der Waals surface area contributed by atoms with Gasteiger partial charge in [-0.15, -0.1) is 0 Å². The molecule has 0 aliphatic heterocycles. The Kier molecular flexibility index (Phi) is 7.66. The Balaban J connectivity index is 2.01. The summed E-state index contributed by atoms with van der Waals surface area (Å²) in [6.45, 7) is 7.92. The van der Waals surface area contributed by atoms with E-state index in [-0.39, 0.29) is 0 Å². The highest BCUT2D eigenvalue weighted by Gasteiger charge is 2.03. The smallest absolute Gasteiger partial charge is 0.0315 e. The second kappa shape index (κ2) is 9.09. The maximum atomic E-state index is 4.15. The largest absolute Gasteiger partial charge is 0.310 e. The van der Waals surface area contributed by atoms with Gasteiger partial charge in [-0.05, 0) is 37.4 Å². The van der Waals surface area contributed by atoms with Crippen LogP contribution in [-0.4, -0.2) is 11.5 Å². The number of aromatic nitrogens is 1. The summed E-state index contributed by atoms with van der Waals surface area (Å²) in [7, 11) is 0. The van der Waals surface area contributed by atoms with Crippen LogP contribution in [0.15, 0.2) is 24.5 Å². The molecule has 1 unspecified atom stereocenters. The molecule has 1 rings (SSSR count). The summed E-state index contributed by atoms with van der Waals surface area (Å²) in [5.74, 6) is 0.855. The van der Waals surface area contributed by atoms with Crippen LogP contribution in [0.4, 0.5) is 0 Å². The zero-order chi connectivity index (χ0) is 13.2. The fraction of sp³-hybridized carbons (Fsp3) is 0.688. The Morgan fingerprint density at radius 1 is 1.11 bits per heavy atom. The average molecular weight is 248 g/mol. The van der Waals surface area contributed by atoms with Gasteiger partial charge in [-0.3, -0.25) is 4.98 Å². The van der Waals surface area contributed by atoms with Crippen LogP contribution in [0.25, 0.3) is 0 Å². The van der Waals surface area contributed by atoms with E-state index < -0.39 is 0 Å². The Bertz CT molecular complexity index is 295. The van der Waals surface area contributed by atoms with Gasteiger partial charge in [0.1, 0.15) is 0 Å². The third kappa shape index (κ3) is 6.75. The van der Waals surface area contributed by atoms with Crippen molar-refractivity contribution in [3.63, 3.8) is 0 Å². The first kappa shape index (κ1) is 15.2. The molecule has 0 bridgehead atoms. The lowest BCUT2D eigenvalue weighted by Crippen LogP contribution is -2.19. The molecule has 102 valence electrons. The van der Waals surface area contributed by atoms with Crippen molar-refractivity contribution in [2.75, 3.05) is 6.54 Å². The van der Waals surface area contributed by atoms with Crippen molar-refractivity contribution in [3.05, 3.63) is 30.1 Å². The molecule has 0 amide bonds. The van der Waals surface area contributed by atoms with Crippen molar-refractivity contribution in [1.29, 1.82) is 0 Å². The van der Waals surface area contributed by atoms with Crippen LogP contribution in [-0.2, 0) is 0 Å². The van der Waals surface area contributed by atoms with E-state index in [1.54, 1.807) is 0 Å². The molecule has 0 saturated heterocycles. The molecular formula is C16H28N2. The molecule has 0 aromatic carbocycles. The van der Waals surface area contributed by atoms with Crippen molar-refractivity contribution < 1.29 is 0 Å². The minimum atomic E-state index is 0.411. The van der Waals surface area contributed by atoms with Crippen LogP contribution in [0.5, 0.6) is 0 Å². The van der Waals surface area contributed by atoms with Crippen LogP contribution in [0.1, 0.15) is 64.5 Å². The van der Waals surface area contributed by atoms with Gasteiger partial charge in [-0.2, -0.15) is 0 Å². The second-order valence-electron chi connectivity index (χ2n) is 5.56. The molecule has 1 heterocycles. The number of unbranched alkanes of at least 4 members (excludes halogenated alkanes) is 3. The van der Waals surface area contributed by atoms with Crippen molar-refractivity contribution in [1.82, 2.24) is 10.3 Å². The normalized spacial score (nSPS) is 12.9. The molecule has 1 aromatic heterocycles. The molecule has 2 nitrogen and oxygen atoms in total. The summed E-state index contributed by atoms with van der Waals surface area (Å²) in [5, 5.41) is 3.56. The van der Waals surface area contributed by atoms with E-state index >= 15 is 0 Å². The predicted octanol–water partition coefficient (Wildman–Crippen LogP) is 4.34. The van der Waals surface area contributed by atoms with Crippen molar-refractivity contribution in [2.45, 2.75) is 58.9 Å². The molecule has 1 N–H and O–H groups in total. The summed E-state index contributed by atoms with van der Waals surface area (Å²) in [4.78, 5) is 4.15. The lowest BCUT2D eigenvalue weighted by molar-refractivity contribution is 0.498. The van der Waals surface area contributed by atoms with E-state index in [4.69, 9.17) is 0 Å². The zero-order valence-electron chi connectivity index (χ0n) is 12.2. The number of rotatable bonds is 9. The van der Waals surface area contributed by atoms with Gasteiger partial charge in [0.15, 0.2) is 0 Å². The summed E-state index contributed by atoms with van der Waals surface area (Å²) in [5.41, 5.74) is 1.28. The highest BCUT2D eigenvalue weighted by atomic mass is 14.9. The average Bonchev–Trinajstić information content (AvgIpc) is 2.38. The van der Waals surface area contributed by atoms with E-state index in [1.165, 1.54) is 37.7 Å². The van der Waals surface area contributed by atoms with Gasteiger partial charge in [0.25, 0.3) is 0 Å². The zero-order valence-corrected chi connectivity index (χ0v) is 12.2. The molecule has 0 aliphatic rings. The summed E-state index contributed by atoms with van der Waals surface area (Å²) < 4.78 is 0. The van der Waals surface area contributed by atoms with E-state index in [1.807, 2.05) is 18.5 Å². The molecule has 0 aliphatic carbocycles. The van der Waals surface area contributed by atoms with Crippen molar-refractivity contribution in [3.8, 4) is 0 Å². The lowest BCUT2D eigenvalue weighted by Gasteiger charge is -2.13. The highest BCUT2D eigenvalue weighted by Crippen LogP contribution is 2.11. The first-order valence-corrected chi connectivity index (χ1v) is 7.33. The predicted molar refractivity (Wildman–Crippen MR) is 78.6 cm³/mol. The third-order valence-corrected chi connectivity index (χ3v) is 3.34. The fourth-order valence-corrected chi connectivity index (χ4v) is 2.10. The summed E-state index contributed by atoms with van der Waals surface area (Å²) in [6, 6.07) is 4.54. The Morgan fingerprint density at radius 2 is 1.89 bits per heavy atom. The van der Waals surface area contributed by atoms with Gasteiger partial charge in [-0.1, -0.05) is 45.6 Å². The number of nitrogens with one attached hydrogen (secondary N) is 1. The second-order valence-corrected chi connectivity index (χ2v) is 5.56. The number of hydrogen-bond donors (Lipinski definition) is 1. The van der Waals surface area contributed by atoms with E-state index in [0.717, 1.165) is 12.5 Å². The minimum Gasteiger partial charge on any atom is -0.310 e. The van der Waals surface area contributed by atoms with Crippen molar-refractivity contribution in [2.24, 2.45) is 5.92 Å². The molecule has 0 fully saturated rings. The summed E-state index contributed by atoms with van der Waals surface area (Å²) in [6.07, 6.45) is 10.5. The van der Waals surface area contributed by atoms with Gasteiger partial charge in [0.2, 0.25) is 0 Å². The van der Waals surface area contributed by atoms with E-state index in [2.05, 4.69) is 37.1 Å². The topological polar surface area (TPSA) is 24.9 Å². The van der Waals surface area contributed by atoms with Crippen LogP contribution >= 0.6 is 0 Å². The molecular weight excluding hydrogens is 220 g/mol. The Labute approximate surface area is 112 Å². The maximum absolute atomic E-state index is 4.15. The Morgan fingerprint density at radius 3 is 2.56 bits per heavy atom. The molecule has 0 saturated carbocycles. The van der Waals surface area contributed by atoms with Crippen LogP contribution < -0.4 is 5.32 Å². The molecule has 0 radical (unpaired) electrons. The Hall–Kier alpha value is -0.890. The fourth-order valence-electron chi connectivity index (χ4n) is 2.10. The van der Waals surface area contributed by atoms with Gasteiger partial charge in [0, 0.05) is 18.4 Å². The molecule has 1 aromatic rings. The quantitative estimate of drug-likeness (QED) is 0.658. The lowest BCUT2D eigenvalue weighted by atomic mass is 10.0. The molecule has 1 atom stereocenters. The first-order chi connectivity index (χ1) is 8.70. The van der Waals surface area contributed by atoms with Crippen LogP contribution in [0, 0.1) is 5.92 Å². The van der Waals surface area contributed by atoms with Crippen LogP contribution in [0.3, 0.4) is 0 Å². The van der Waals surface area contributed by atoms with E-state index in [0.29, 0.717) is 6.04 Å². The SMILES string of the molecule is CC(C)CCCCCCNC(C)c1cccnc1. The monoisotopic (exact) mass is 248 g/mol. The highest BCUT2D eigenvalue weighted by molar-refractivity contribution is 5.12. The number of hydrogen-bond acceptors (Lipinski definition) is 2.